The van der Waals surface area contributed by atoms with Gasteiger partial charge in [0, 0.05) is 23.8 Å². The Bertz CT molecular complexity index is 1020. The largest absolute Gasteiger partial charge is 0.497 e. The predicted octanol–water partition coefficient (Wildman–Crippen LogP) is 3.39. The van der Waals surface area contributed by atoms with Crippen molar-refractivity contribution in [3.63, 3.8) is 0 Å². The topological polar surface area (TPSA) is 59.1 Å². The molecule has 0 unspecified atom stereocenters. The highest BCUT2D eigenvalue weighted by Gasteiger charge is 2.60. The van der Waals surface area contributed by atoms with Crippen LogP contribution in [0.3, 0.4) is 0 Å². The third kappa shape index (κ3) is 2.87. The number of amides is 2. The Morgan fingerprint density at radius 2 is 1.90 bits per heavy atom. The summed E-state index contributed by atoms with van der Waals surface area (Å²) in [6.45, 7) is 1.01. The van der Waals surface area contributed by atoms with E-state index in [1.165, 1.54) is 0 Å². The van der Waals surface area contributed by atoms with E-state index in [-0.39, 0.29) is 17.7 Å². The lowest BCUT2D eigenvalue weighted by atomic mass is 10.0. The fourth-order valence-corrected chi connectivity index (χ4v) is 5.86. The molecule has 6 nitrogen and oxygen atoms in total. The molecule has 1 aliphatic carbocycles. The average molecular weight is 425 g/mol. The first-order valence-electron chi connectivity index (χ1n) is 10.2. The molecule has 2 aliphatic heterocycles. The van der Waals surface area contributed by atoms with Gasteiger partial charge in [0.1, 0.15) is 11.5 Å². The van der Waals surface area contributed by atoms with Crippen LogP contribution in [-0.2, 0) is 21.0 Å². The first-order valence-corrected chi connectivity index (χ1v) is 11.2. The Morgan fingerprint density at radius 1 is 1.13 bits per heavy atom. The Balaban J connectivity index is 1.59. The van der Waals surface area contributed by atoms with E-state index in [1.54, 1.807) is 30.9 Å². The molecule has 1 saturated heterocycles. The lowest BCUT2D eigenvalue weighted by molar-refractivity contribution is -0.141. The summed E-state index contributed by atoms with van der Waals surface area (Å²) in [5, 5.41) is 0. The van der Waals surface area contributed by atoms with E-state index in [4.69, 9.17) is 9.47 Å². The minimum Gasteiger partial charge on any atom is -0.497 e. The molecule has 2 fully saturated rings. The van der Waals surface area contributed by atoms with E-state index in [0.717, 1.165) is 41.2 Å². The number of hydrogen-bond acceptors (Lipinski definition) is 5. The molecule has 0 aromatic heterocycles. The van der Waals surface area contributed by atoms with Crippen molar-refractivity contribution >= 4 is 29.3 Å². The van der Waals surface area contributed by atoms with Gasteiger partial charge >= 0.3 is 0 Å². The fraction of sp³-hybridized carbons (Fsp3) is 0.391. The Kier molecular flexibility index (Phi) is 4.65. The number of fused-ring (bicyclic) bond motifs is 2. The third-order valence-electron chi connectivity index (χ3n) is 6.07. The van der Waals surface area contributed by atoms with Gasteiger partial charge in [-0.3, -0.25) is 9.59 Å². The van der Waals surface area contributed by atoms with Gasteiger partial charge in [0.2, 0.25) is 5.91 Å². The zero-order valence-corrected chi connectivity index (χ0v) is 17.9. The van der Waals surface area contributed by atoms with E-state index < -0.39 is 4.87 Å². The first kappa shape index (κ1) is 19.3. The van der Waals surface area contributed by atoms with E-state index in [1.807, 2.05) is 47.4 Å². The Morgan fingerprint density at radius 3 is 2.63 bits per heavy atom. The highest BCUT2D eigenvalue weighted by molar-refractivity contribution is 8.01. The van der Waals surface area contributed by atoms with Crippen LogP contribution in [0.2, 0.25) is 0 Å². The van der Waals surface area contributed by atoms with Crippen molar-refractivity contribution in [3.05, 3.63) is 53.6 Å². The van der Waals surface area contributed by atoms with Crippen LogP contribution in [0.4, 0.5) is 5.69 Å². The molecule has 3 aliphatic rings. The highest BCUT2D eigenvalue weighted by atomic mass is 32.2. The minimum absolute atomic E-state index is 0.0509. The van der Waals surface area contributed by atoms with Crippen molar-refractivity contribution in [2.24, 2.45) is 5.92 Å². The van der Waals surface area contributed by atoms with E-state index in [0.29, 0.717) is 18.8 Å². The molecule has 5 rings (SSSR count). The predicted molar refractivity (Wildman–Crippen MR) is 116 cm³/mol. The second-order valence-corrected chi connectivity index (χ2v) is 9.17. The van der Waals surface area contributed by atoms with Gasteiger partial charge in [-0.25, -0.2) is 0 Å². The maximum Gasteiger partial charge on any atom is 0.268 e. The van der Waals surface area contributed by atoms with Gasteiger partial charge in [-0.15, -0.1) is 11.8 Å². The number of nitrogens with zero attached hydrogens (tertiary/aromatic N) is 2. The van der Waals surface area contributed by atoms with Gasteiger partial charge in [-0.05, 0) is 48.7 Å². The molecule has 2 amide bonds. The smallest absolute Gasteiger partial charge is 0.268 e. The Hall–Kier alpha value is -2.67. The number of ether oxygens (including phenoxy) is 2. The fourth-order valence-electron chi connectivity index (χ4n) is 4.40. The zero-order chi connectivity index (χ0) is 20.9. The van der Waals surface area contributed by atoms with Gasteiger partial charge in [0.05, 0.1) is 26.5 Å². The van der Waals surface area contributed by atoms with Crippen molar-refractivity contribution < 1.29 is 19.1 Å². The molecular formula is C23H24N2O4S. The van der Waals surface area contributed by atoms with Gasteiger partial charge in [0.15, 0.2) is 4.87 Å². The van der Waals surface area contributed by atoms with Crippen LogP contribution in [-0.4, -0.2) is 43.2 Å². The summed E-state index contributed by atoms with van der Waals surface area (Å²) in [7, 11) is 3.25. The van der Waals surface area contributed by atoms with E-state index >= 15 is 0 Å². The number of hydrogen-bond donors (Lipinski definition) is 0. The van der Waals surface area contributed by atoms with Gasteiger partial charge in [-0.2, -0.15) is 0 Å². The lowest BCUT2D eigenvalue weighted by Gasteiger charge is -2.33. The summed E-state index contributed by atoms with van der Waals surface area (Å²) in [6.07, 6.45) is 1.84. The summed E-state index contributed by atoms with van der Waals surface area (Å²) in [5.41, 5.74) is 2.67. The molecule has 2 aromatic carbocycles. The van der Waals surface area contributed by atoms with Crippen LogP contribution >= 0.6 is 11.8 Å². The van der Waals surface area contributed by atoms with Crippen LogP contribution in [0, 0.1) is 5.92 Å². The number of anilines is 1. The molecule has 30 heavy (non-hydrogen) atoms. The number of carbonyl (C=O) groups excluding carboxylic acids is 2. The summed E-state index contributed by atoms with van der Waals surface area (Å²) < 4.78 is 10.8. The van der Waals surface area contributed by atoms with Gasteiger partial charge < -0.3 is 19.3 Å². The van der Waals surface area contributed by atoms with Crippen molar-refractivity contribution in [2.45, 2.75) is 24.3 Å². The van der Waals surface area contributed by atoms with Gasteiger partial charge in [-0.1, -0.05) is 12.1 Å². The number of carbonyl (C=O) groups is 2. The summed E-state index contributed by atoms with van der Waals surface area (Å²) >= 11 is 1.56. The molecule has 156 valence electrons. The highest BCUT2D eigenvalue weighted by Crippen LogP contribution is 2.56. The number of methoxy groups -OCH3 is 2. The zero-order valence-electron chi connectivity index (χ0n) is 17.1. The molecule has 0 N–H and O–H groups in total. The molecule has 7 heteroatoms. The quantitative estimate of drug-likeness (QED) is 0.736. The normalized spacial score (nSPS) is 22.5. The maximum absolute atomic E-state index is 13.9. The average Bonchev–Trinajstić information content (AvgIpc) is 3.50. The molecule has 2 aromatic rings. The molecule has 1 saturated carbocycles. The minimum atomic E-state index is -0.998. The first-order chi connectivity index (χ1) is 14.6. The molecule has 1 atom stereocenters. The second kappa shape index (κ2) is 7.23. The van der Waals surface area contributed by atoms with E-state index in [9.17, 15) is 9.59 Å². The maximum atomic E-state index is 13.9. The summed E-state index contributed by atoms with van der Waals surface area (Å²) in [4.78, 5) is 29.7. The van der Waals surface area contributed by atoms with Crippen molar-refractivity contribution in [1.29, 1.82) is 0 Å². The van der Waals surface area contributed by atoms with Crippen LogP contribution in [0.1, 0.15) is 24.0 Å². The molecule has 0 bridgehead atoms. The van der Waals surface area contributed by atoms with E-state index in [2.05, 4.69) is 0 Å². The number of rotatable bonds is 5. The standard InChI is InChI=1S/C23H24N2O4S/c1-28-17-5-3-4-15(12-17)14-24-20-9-8-18(29-2)13-19(20)23(22(24)27)25(10-11-30-23)21(26)16-6-7-16/h3-5,8-9,12-13,16H,6-7,10-11,14H2,1-2H3/t23-/m0/s1. The lowest BCUT2D eigenvalue weighted by Crippen LogP contribution is -2.50. The molecule has 2 heterocycles. The summed E-state index contributed by atoms with van der Waals surface area (Å²) in [5.74, 6) is 2.30. The third-order valence-corrected chi connectivity index (χ3v) is 7.49. The molecule has 0 radical (unpaired) electrons. The molecule has 1 spiro atoms. The van der Waals surface area contributed by atoms with Crippen molar-refractivity contribution in [2.75, 3.05) is 31.4 Å². The van der Waals surface area contributed by atoms with Crippen LogP contribution < -0.4 is 14.4 Å². The van der Waals surface area contributed by atoms with Crippen molar-refractivity contribution in [1.82, 2.24) is 4.90 Å². The number of benzene rings is 2. The van der Waals surface area contributed by atoms with Crippen LogP contribution in [0.25, 0.3) is 0 Å². The van der Waals surface area contributed by atoms with Crippen LogP contribution in [0.5, 0.6) is 11.5 Å². The summed E-state index contributed by atoms with van der Waals surface area (Å²) in [6, 6.07) is 13.5. The van der Waals surface area contributed by atoms with Crippen molar-refractivity contribution in [3.8, 4) is 11.5 Å². The van der Waals surface area contributed by atoms with Gasteiger partial charge in [0.25, 0.3) is 5.91 Å². The second-order valence-electron chi connectivity index (χ2n) is 7.88. The number of thioether (sulfide) groups is 1. The van der Waals surface area contributed by atoms with Crippen LogP contribution in [0.15, 0.2) is 42.5 Å². The monoisotopic (exact) mass is 424 g/mol. The SMILES string of the molecule is COc1cccc(CN2C(=O)[C@@]3(SCCN3C(=O)C3CC3)c3cc(OC)ccc32)c1. The molecular weight excluding hydrogens is 400 g/mol. The Labute approximate surface area is 180 Å².